The van der Waals surface area contributed by atoms with Crippen molar-refractivity contribution in [3.8, 4) is 5.75 Å². The fourth-order valence-corrected chi connectivity index (χ4v) is 1.36. The fourth-order valence-electron chi connectivity index (χ4n) is 1.36. The normalized spacial score (nSPS) is 14.2. The van der Waals surface area contributed by atoms with Gasteiger partial charge in [0, 0.05) is 14.1 Å². The molecule has 1 heterocycles. The van der Waals surface area contributed by atoms with Crippen LogP contribution in [-0.4, -0.2) is 42.3 Å². The van der Waals surface area contributed by atoms with Crippen LogP contribution in [0, 0.1) is 0 Å². The average Bonchev–Trinajstić information content (AvgIpc) is 3.12. The van der Waals surface area contributed by atoms with Crippen LogP contribution >= 0.6 is 0 Å². The highest BCUT2D eigenvalue weighted by atomic mass is 16.5. The molecule has 2 rings (SSSR count). The molecule has 0 aromatic carbocycles. The van der Waals surface area contributed by atoms with Gasteiger partial charge in [0.1, 0.15) is 11.4 Å². The summed E-state index contributed by atoms with van der Waals surface area (Å²) >= 11 is 0. The van der Waals surface area contributed by atoms with Gasteiger partial charge in [-0.05, 0) is 18.9 Å². The Morgan fingerprint density at radius 3 is 2.76 bits per heavy atom. The number of nitrogens with zero attached hydrogens (tertiary/aromatic N) is 2. The van der Waals surface area contributed by atoms with Crippen molar-refractivity contribution >= 4 is 12.2 Å². The van der Waals surface area contributed by atoms with E-state index in [-0.39, 0.29) is 17.7 Å². The molecule has 1 fully saturated rings. The Morgan fingerprint density at radius 1 is 1.53 bits per heavy atom. The van der Waals surface area contributed by atoms with Gasteiger partial charge in [-0.1, -0.05) is 0 Å². The highest BCUT2D eigenvalue weighted by Crippen LogP contribution is 2.28. The van der Waals surface area contributed by atoms with Gasteiger partial charge in [0.25, 0.3) is 5.91 Å². The molecular formula is C12H14N2O3. The van der Waals surface area contributed by atoms with E-state index in [0.717, 1.165) is 12.8 Å². The van der Waals surface area contributed by atoms with E-state index in [1.54, 1.807) is 14.1 Å². The molecule has 5 nitrogen and oxygen atoms in total. The van der Waals surface area contributed by atoms with Crippen LogP contribution in [0.15, 0.2) is 12.3 Å². The topological polar surface area (TPSA) is 59.5 Å². The fraction of sp³-hybridized carbons (Fsp3) is 0.417. The minimum Gasteiger partial charge on any atom is -0.488 e. The summed E-state index contributed by atoms with van der Waals surface area (Å²) in [4.78, 5) is 28.0. The molecule has 1 amide bonds. The molecule has 0 aliphatic heterocycles. The standard InChI is InChI=1S/C12H14N2O3/c1-14(2)12(16)10-5-8(7-15)11(6-13-10)17-9-3-4-9/h5-7,9H,3-4H2,1-2H3. The lowest BCUT2D eigenvalue weighted by molar-refractivity contribution is 0.0822. The van der Waals surface area contributed by atoms with E-state index in [2.05, 4.69) is 4.98 Å². The maximum atomic E-state index is 11.7. The van der Waals surface area contributed by atoms with Gasteiger partial charge in [-0.2, -0.15) is 0 Å². The predicted molar refractivity (Wildman–Crippen MR) is 61.3 cm³/mol. The zero-order valence-corrected chi connectivity index (χ0v) is 9.84. The van der Waals surface area contributed by atoms with Gasteiger partial charge in [0.15, 0.2) is 6.29 Å². The van der Waals surface area contributed by atoms with E-state index in [0.29, 0.717) is 17.6 Å². The zero-order valence-electron chi connectivity index (χ0n) is 9.84. The Morgan fingerprint density at radius 2 is 2.24 bits per heavy atom. The van der Waals surface area contributed by atoms with Crippen molar-refractivity contribution in [3.05, 3.63) is 23.5 Å². The third-order valence-corrected chi connectivity index (χ3v) is 2.47. The predicted octanol–water partition coefficient (Wildman–Crippen LogP) is 1.14. The molecule has 90 valence electrons. The van der Waals surface area contributed by atoms with Crippen LogP contribution < -0.4 is 4.74 Å². The van der Waals surface area contributed by atoms with E-state index in [4.69, 9.17) is 4.74 Å². The molecule has 17 heavy (non-hydrogen) atoms. The summed E-state index contributed by atoms with van der Waals surface area (Å²) in [5.41, 5.74) is 0.623. The maximum Gasteiger partial charge on any atom is 0.271 e. The largest absolute Gasteiger partial charge is 0.488 e. The summed E-state index contributed by atoms with van der Waals surface area (Å²) in [6, 6.07) is 1.47. The van der Waals surface area contributed by atoms with Gasteiger partial charge in [-0.3, -0.25) is 9.59 Å². The Hall–Kier alpha value is -1.91. The molecule has 5 heteroatoms. The van der Waals surface area contributed by atoms with E-state index in [1.165, 1.54) is 17.2 Å². The highest BCUT2D eigenvalue weighted by Gasteiger charge is 2.25. The molecule has 0 N–H and O–H groups in total. The molecule has 0 spiro atoms. The van der Waals surface area contributed by atoms with Crippen LogP contribution in [0.1, 0.15) is 33.7 Å². The van der Waals surface area contributed by atoms with Crippen molar-refractivity contribution in [1.82, 2.24) is 9.88 Å². The lowest BCUT2D eigenvalue weighted by atomic mass is 10.2. The molecule has 1 aliphatic rings. The smallest absolute Gasteiger partial charge is 0.271 e. The second-order valence-electron chi connectivity index (χ2n) is 4.24. The Labute approximate surface area is 99.4 Å². The first-order valence-electron chi connectivity index (χ1n) is 5.45. The molecule has 0 bridgehead atoms. The average molecular weight is 234 g/mol. The maximum absolute atomic E-state index is 11.7. The van der Waals surface area contributed by atoms with Crippen molar-refractivity contribution < 1.29 is 14.3 Å². The molecule has 1 aromatic rings. The first-order chi connectivity index (χ1) is 8.11. The lowest BCUT2D eigenvalue weighted by Gasteiger charge is -2.11. The highest BCUT2D eigenvalue weighted by molar-refractivity contribution is 5.94. The molecule has 0 atom stereocenters. The van der Waals surface area contributed by atoms with Gasteiger partial charge in [-0.15, -0.1) is 0 Å². The molecule has 1 saturated carbocycles. The Bertz CT molecular complexity index is 453. The van der Waals surface area contributed by atoms with E-state index >= 15 is 0 Å². The molecule has 1 aliphatic carbocycles. The van der Waals surface area contributed by atoms with E-state index in [1.807, 2.05) is 0 Å². The molecule has 0 radical (unpaired) electrons. The number of pyridine rings is 1. The minimum atomic E-state index is -0.230. The Kier molecular flexibility index (Phi) is 3.08. The quantitative estimate of drug-likeness (QED) is 0.733. The Balaban J connectivity index is 2.26. The first kappa shape index (κ1) is 11.6. The second kappa shape index (κ2) is 4.53. The molecular weight excluding hydrogens is 220 g/mol. The zero-order chi connectivity index (χ0) is 12.4. The van der Waals surface area contributed by atoms with E-state index in [9.17, 15) is 9.59 Å². The van der Waals surface area contributed by atoms with Crippen molar-refractivity contribution in [2.45, 2.75) is 18.9 Å². The number of aromatic nitrogens is 1. The summed E-state index contributed by atoms with van der Waals surface area (Å²) in [5, 5.41) is 0. The molecule has 0 unspecified atom stereocenters. The SMILES string of the molecule is CN(C)C(=O)c1cc(C=O)c(OC2CC2)cn1. The summed E-state index contributed by atoms with van der Waals surface area (Å²) in [5.74, 6) is 0.226. The number of aldehydes is 1. The number of hydrogen-bond acceptors (Lipinski definition) is 4. The second-order valence-corrected chi connectivity index (χ2v) is 4.24. The minimum absolute atomic E-state index is 0.200. The van der Waals surface area contributed by atoms with Crippen molar-refractivity contribution in [2.24, 2.45) is 0 Å². The number of carbonyl (C=O) groups excluding carboxylic acids is 2. The van der Waals surface area contributed by atoms with Crippen LogP contribution in [0.2, 0.25) is 0 Å². The van der Waals surface area contributed by atoms with Crippen molar-refractivity contribution in [3.63, 3.8) is 0 Å². The van der Waals surface area contributed by atoms with Gasteiger partial charge < -0.3 is 9.64 Å². The van der Waals surface area contributed by atoms with Crippen LogP contribution in [0.5, 0.6) is 5.75 Å². The third kappa shape index (κ3) is 2.61. The third-order valence-electron chi connectivity index (χ3n) is 2.47. The summed E-state index contributed by atoms with van der Waals surface area (Å²) in [7, 11) is 3.28. The van der Waals surface area contributed by atoms with Gasteiger partial charge >= 0.3 is 0 Å². The number of ether oxygens (including phenoxy) is 1. The number of rotatable bonds is 4. The first-order valence-corrected chi connectivity index (χ1v) is 5.45. The van der Waals surface area contributed by atoms with Gasteiger partial charge in [0.2, 0.25) is 0 Å². The van der Waals surface area contributed by atoms with E-state index < -0.39 is 0 Å². The van der Waals surface area contributed by atoms with Crippen molar-refractivity contribution in [1.29, 1.82) is 0 Å². The lowest BCUT2D eigenvalue weighted by Crippen LogP contribution is -2.23. The van der Waals surface area contributed by atoms with Gasteiger partial charge in [-0.25, -0.2) is 4.98 Å². The molecule has 0 saturated heterocycles. The summed E-state index contributed by atoms with van der Waals surface area (Å²) < 4.78 is 5.52. The monoisotopic (exact) mass is 234 g/mol. The summed E-state index contributed by atoms with van der Waals surface area (Å²) in [6.07, 6.45) is 4.35. The van der Waals surface area contributed by atoms with Crippen LogP contribution in [0.4, 0.5) is 0 Å². The summed E-state index contributed by atoms with van der Waals surface area (Å²) in [6.45, 7) is 0. The van der Waals surface area contributed by atoms with Crippen LogP contribution in [-0.2, 0) is 0 Å². The van der Waals surface area contributed by atoms with Crippen molar-refractivity contribution in [2.75, 3.05) is 14.1 Å². The number of carbonyl (C=O) groups is 2. The number of amides is 1. The number of hydrogen-bond donors (Lipinski definition) is 0. The molecule has 1 aromatic heterocycles. The van der Waals surface area contributed by atoms with Crippen LogP contribution in [0.3, 0.4) is 0 Å². The van der Waals surface area contributed by atoms with Crippen LogP contribution in [0.25, 0.3) is 0 Å². The van der Waals surface area contributed by atoms with Gasteiger partial charge in [0.05, 0.1) is 17.9 Å².